The van der Waals surface area contributed by atoms with Crippen LogP contribution in [0.1, 0.15) is 11.1 Å². The predicted molar refractivity (Wildman–Crippen MR) is 85.6 cm³/mol. The molecule has 100 valence electrons. The van der Waals surface area contributed by atoms with Crippen molar-refractivity contribution in [3.63, 3.8) is 0 Å². The normalized spacial score (nSPS) is 10.8. The number of rotatable bonds is 4. The zero-order valence-electron chi connectivity index (χ0n) is 11.1. The van der Waals surface area contributed by atoms with Crippen LogP contribution in [0.4, 0.5) is 0 Å². The fourth-order valence-electron chi connectivity index (χ4n) is 2.17. The van der Waals surface area contributed by atoms with Crippen molar-refractivity contribution < 1.29 is 0 Å². The van der Waals surface area contributed by atoms with E-state index in [0.29, 0.717) is 6.54 Å². The third-order valence-electron chi connectivity index (χ3n) is 3.27. The molecule has 2 nitrogen and oxygen atoms in total. The predicted octanol–water partition coefficient (Wildman–Crippen LogP) is 3.99. The Balaban J connectivity index is 1.79. The van der Waals surface area contributed by atoms with E-state index in [1.165, 1.54) is 21.4 Å². The van der Waals surface area contributed by atoms with Gasteiger partial charge in [0.15, 0.2) is 0 Å². The van der Waals surface area contributed by atoms with Gasteiger partial charge in [0.1, 0.15) is 0 Å². The van der Waals surface area contributed by atoms with Crippen LogP contribution in [0.5, 0.6) is 0 Å². The van der Waals surface area contributed by atoms with Crippen molar-refractivity contribution in [2.24, 2.45) is 5.73 Å². The summed E-state index contributed by atoms with van der Waals surface area (Å²) in [7, 11) is 0. The Hall–Kier alpha value is -1.84. The lowest BCUT2D eigenvalue weighted by Gasteiger charge is -2.06. The first kappa shape index (κ1) is 13.2. The highest BCUT2D eigenvalue weighted by Crippen LogP contribution is 2.26. The highest BCUT2D eigenvalue weighted by atomic mass is 32.2. The van der Waals surface area contributed by atoms with Crippen LogP contribution >= 0.6 is 11.8 Å². The van der Waals surface area contributed by atoms with Crippen LogP contribution in [0.15, 0.2) is 65.7 Å². The van der Waals surface area contributed by atoms with Crippen LogP contribution in [0.25, 0.3) is 10.9 Å². The van der Waals surface area contributed by atoms with Crippen LogP contribution < -0.4 is 5.73 Å². The summed E-state index contributed by atoms with van der Waals surface area (Å²) in [5.41, 5.74) is 9.15. The summed E-state index contributed by atoms with van der Waals surface area (Å²) in [6.07, 6.45) is 1.85. The van der Waals surface area contributed by atoms with E-state index in [2.05, 4.69) is 53.5 Å². The molecule has 1 heterocycles. The Labute approximate surface area is 123 Å². The van der Waals surface area contributed by atoms with Gasteiger partial charge in [0, 0.05) is 28.8 Å². The minimum atomic E-state index is 0.595. The fourth-order valence-corrected chi connectivity index (χ4v) is 3.05. The topological polar surface area (TPSA) is 38.9 Å². The quantitative estimate of drug-likeness (QED) is 0.735. The summed E-state index contributed by atoms with van der Waals surface area (Å²) in [6.45, 7) is 0.595. The molecule has 0 unspecified atom stereocenters. The minimum Gasteiger partial charge on any atom is -0.326 e. The van der Waals surface area contributed by atoms with E-state index >= 15 is 0 Å². The van der Waals surface area contributed by atoms with Crippen molar-refractivity contribution >= 4 is 22.7 Å². The van der Waals surface area contributed by atoms with Crippen molar-refractivity contribution in [3.05, 3.63) is 71.9 Å². The molecule has 0 saturated heterocycles. The van der Waals surface area contributed by atoms with Gasteiger partial charge in [0.2, 0.25) is 0 Å². The number of benzene rings is 2. The summed E-state index contributed by atoms with van der Waals surface area (Å²) >= 11 is 1.83. The number of pyridine rings is 1. The Morgan fingerprint density at radius 3 is 2.55 bits per heavy atom. The van der Waals surface area contributed by atoms with Gasteiger partial charge in [-0.1, -0.05) is 36.4 Å². The molecule has 2 aromatic carbocycles. The third-order valence-corrected chi connectivity index (χ3v) is 4.33. The summed E-state index contributed by atoms with van der Waals surface area (Å²) in [6, 6.07) is 18.9. The largest absolute Gasteiger partial charge is 0.326 e. The molecule has 0 aliphatic rings. The van der Waals surface area contributed by atoms with Crippen LogP contribution in [-0.2, 0) is 12.3 Å². The van der Waals surface area contributed by atoms with Gasteiger partial charge in [-0.25, -0.2) is 0 Å². The van der Waals surface area contributed by atoms with Crippen molar-refractivity contribution in [3.8, 4) is 0 Å². The zero-order chi connectivity index (χ0) is 13.8. The number of nitrogens with zero attached hydrogens (tertiary/aromatic N) is 1. The Bertz CT molecular complexity index is 702. The van der Waals surface area contributed by atoms with E-state index < -0.39 is 0 Å². The molecule has 0 aliphatic carbocycles. The van der Waals surface area contributed by atoms with E-state index in [-0.39, 0.29) is 0 Å². The molecule has 20 heavy (non-hydrogen) atoms. The number of fused-ring (bicyclic) bond motifs is 1. The number of nitrogens with two attached hydrogens (primary N) is 1. The van der Waals surface area contributed by atoms with E-state index in [1.807, 2.05) is 24.0 Å². The maximum atomic E-state index is 5.61. The molecule has 2 N–H and O–H groups in total. The van der Waals surface area contributed by atoms with Gasteiger partial charge in [0.05, 0.1) is 5.52 Å². The summed E-state index contributed by atoms with van der Waals surface area (Å²) < 4.78 is 0. The Morgan fingerprint density at radius 2 is 1.75 bits per heavy atom. The van der Waals surface area contributed by atoms with Gasteiger partial charge in [-0.15, -0.1) is 11.8 Å². The highest BCUT2D eigenvalue weighted by Gasteiger charge is 2.02. The lowest BCUT2D eigenvalue weighted by molar-refractivity contribution is 1.07. The van der Waals surface area contributed by atoms with Crippen LogP contribution in [0.3, 0.4) is 0 Å². The minimum absolute atomic E-state index is 0.595. The highest BCUT2D eigenvalue weighted by molar-refractivity contribution is 7.98. The fraction of sp³-hybridized carbons (Fsp3) is 0.118. The maximum absolute atomic E-state index is 5.61. The third kappa shape index (κ3) is 2.84. The molecule has 0 aliphatic heterocycles. The molecule has 0 atom stereocenters. The molecule has 1 aromatic heterocycles. The van der Waals surface area contributed by atoms with Crippen LogP contribution in [-0.4, -0.2) is 4.98 Å². The zero-order valence-corrected chi connectivity index (χ0v) is 11.9. The van der Waals surface area contributed by atoms with E-state index in [0.717, 1.165) is 11.3 Å². The van der Waals surface area contributed by atoms with E-state index in [4.69, 9.17) is 5.73 Å². The summed E-state index contributed by atoms with van der Waals surface area (Å²) in [4.78, 5) is 5.75. The summed E-state index contributed by atoms with van der Waals surface area (Å²) in [5, 5.41) is 1.20. The molecule has 0 radical (unpaired) electrons. The second-order valence-electron chi connectivity index (χ2n) is 4.63. The standard InChI is InChI=1S/C17H16N2S/c18-11-13-6-8-16(9-7-13)20-12-15-4-1-3-14-5-2-10-19-17(14)15/h1-10H,11-12,18H2. The molecule has 0 fully saturated rings. The summed E-state index contributed by atoms with van der Waals surface area (Å²) in [5.74, 6) is 0.927. The van der Waals surface area contributed by atoms with Gasteiger partial charge in [-0.3, -0.25) is 4.98 Å². The molecule has 3 rings (SSSR count). The number of thioether (sulfide) groups is 1. The van der Waals surface area contributed by atoms with Gasteiger partial charge < -0.3 is 5.73 Å². The number of para-hydroxylation sites is 1. The van der Waals surface area contributed by atoms with Crippen molar-refractivity contribution in [1.82, 2.24) is 4.98 Å². The molecule has 0 saturated carbocycles. The van der Waals surface area contributed by atoms with E-state index in [9.17, 15) is 0 Å². The lowest BCUT2D eigenvalue weighted by atomic mass is 10.1. The maximum Gasteiger partial charge on any atom is 0.0742 e. The average Bonchev–Trinajstić information content (AvgIpc) is 2.53. The van der Waals surface area contributed by atoms with Gasteiger partial charge in [-0.2, -0.15) is 0 Å². The van der Waals surface area contributed by atoms with Gasteiger partial charge in [0.25, 0.3) is 0 Å². The first-order chi connectivity index (χ1) is 9.86. The molecular formula is C17H16N2S. The van der Waals surface area contributed by atoms with Crippen molar-refractivity contribution in [1.29, 1.82) is 0 Å². The monoisotopic (exact) mass is 280 g/mol. The average molecular weight is 280 g/mol. The smallest absolute Gasteiger partial charge is 0.0742 e. The van der Waals surface area contributed by atoms with Gasteiger partial charge in [-0.05, 0) is 29.3 Å². The Kier molecular flexibility index (Phi) is 4.00. The number of hydrogen-bond acceptors (Lipinski definition) is 3. The molecule has 0 spiro atoms. The number of hydrogen-bond donors (Lipinski definition) is 1. The number of aromatic nitrogens is 1. The second kappa shape index (κ2) is 6.07. The molecule has 0 amide bonds. The molecule has 3 heteroatoms. The van der Waals surface area contributed by atoms with Crippen molar-refractivity contribution in [2.45, 2.75) is 17.2 Å². The van der Waals surface area contributed by atoms with E-state index in [1.54, 1.807) is 0 Å². The Morgan fingerprint density at radius 1 is 0.950 bits per heavy atom. The SMILES string of the molecule is NCc1ccc(SCc2cccc3cccnc23)cc1. The van der Waals surface area contributed by atoms with Crippen molar-refractivity contribution in [2.75, 3.05) is 0 Å². The van der Waals surface area contributed by atoms with Gasteiger partial charge >= 0.3 is 0 Å². The molecule has 3 aromatic rings. The lowest BCUT2D eigenvalue weighted by Crippen LogP contribution is -1.95. The van der Waals surface area contributed by atoms with Crippen LogP contribution in [0, 0.1) is 0 Å². The first-order valence-corrected chi connectivity index (χ1v) is 7.60. The van der Waals surface area contributed by atoms with Crippen LogP contribution in [0.2, 0.25) is 0 Å². The first-order valence-electron chi connectivity index (χ1n) is 6.61. The second-order valence-corrected chi connectivity index (χ2v) is 5.68. The molecular weight excluding hydrogens is 264 g/mol. The molecule has 0 bridgehead atoms.